The molecule has 3 rings (SSSR count). The summed E-state index contributed by atoms with van der Waals surface area (Å²) >= 11 is 0. The molecule has 0 bridgehead atoms. The molecule has 0 heterocycles. The predicted octanol–water partition coefficient (Wildman–Crippen LogP) is 3.08. The number of rotatable bonds is 9. The molecular weight excluding hydrogens is 370 g/mol. The topological polar surface area (TPSA) is 119 Å². The maximum absolute atomic E-state index is 12.2. The Morgan fingerprint density at radius 1 is 1.03 bits per heavy atom. The van der Waals surface area contributed by atoms with E-state index in [0.717, 1.165) is 0 Å². The second-order valence-corrected chi connectivity index (χ2v) is 7.35. The lowest BCUT2D eigenvalue weighted by atomic mass is 9.98. The Balaban J connectivity index is 1.44. The second kappa shape index (κ2) is 9.54. The first-order valence-corrected chi connectivity index (χ1v) is 9.82. The molecule has 0 spiro atoms. The van der Waals surface area contributed by atoms with Gasteiger partial charge in [0.25, 0.3) is 0 Å². The molecule has 1 aliphatic rings. The number of nitrogens with zero attached hydrogens (tertiary/aromatic N) is 1. The summed E-state index contributed by atoms with van der Waals surface area (Å²) in [6.07, 6.45) is 1.05. The van der Waals surface area contributed by atoms with Crippen molar-refractivity contribution in [2.24, 2.45) is 11.6 Å². The number of amides is 1. The predicted molar refractivity (Wildman–Crippen MR) is 110 cm³/mol. The lowest BCUT2D eigenvalue weighted by Crippen LogP contribution is -2.44. The lowest BCUT2D eigenvalue weighted by Gasteiger charge is -2.18. The normalized spacial score (nSPS) is 13.4. The fourth-order valence-electron chi connectivity index (χ4n) is 3.79. The zero-order valence-electron chi connectivity index (χ0n) is 16.3. The summed E-state index contributed by atoms with van der Waals surface area (Å²) < 4.78 is 5.57. The Labute approximate surface area is 170 Å². The molecule has 5 N–H and O–H groups in total. The molecule has 0 fully saturated rings. The minimum Gasteiger partial charge on any atom is -0.465 e. The Kier molecular flexibility index (Phi) is 6.85. The molecule has 1 atom stereocenters. The number of carboxylic acid groups (broad SMARTS) is 1. The summed E-state index contributed by atoms with van der Waals surface area (Å²) in [5.41, 5.74) is 10.6. The number of hydrogen-bond donors (Lipinski definition) is 3. The molecule has 2 aromatic rings. The molecule has 0 aliphatic heterocycles. The van der Waals surface area contributed by atoms with Crippen LogP contribution in [-0.4, -0.2) is 41.4 Å². The molecule has 1 aliphatic carbocycles. The van der Waals surface area contributed by atoms with Crippen LogP contribution in [0.25, 0.3) is 11.1 Å². The van der Waals surface area contributed by atoms with Gasteiger partial charge in [0.1, 0.15) is 6.61 Å². The highest BCUT2D eigenvalue weighted by atomic mass is 16.5. The minimum absolute atomic E-state index is 0.0614. The maximum Gasteiger partial charge on any atom is 0.421 e. The number of hydrazine groups is 1. The van der Waals surface area contributed by atoms with Gasteiger partial charge in [-0.05, 0) is 35.1 Å². The molecule has 0 saturated heterocycles. The Morgan fingerprint density at radius 2 is 1.62 bits per heavy atom. The zero-order chi connectivity index (χ0) is 20.8. The van der Waals surface area contributed by atoms with E-state index in [1.165, 1.54) is 22.3 Å². The van der Waals surface area contributed by atoms with E-state index in [0.29, 0.717) is 37.3 Å². The molecule has 0 unspecified atom stereocenters. The van der Waals surface area contributed by atoms with Crippen LogP contribution in [0.1, 0.15) is 42.7 Å². The summed E-state index contributed by atoms with van der Waals surface area (Å²) in [7, 11) is 0. The summed E-state index contributed by atoms with van der Waals surface area (Å²) in [5, 5.41) is 9.41. The van der Waals surface area contributed by atoms with Crippen molar-refractivity contribution in [3.8, 4) is 11.1 Å². The van der Waals surface area contributed by atoms with Crippen LogP contribution in [-0.2, 0) is 9.53 Å². The minimum atomic E-state index is -1.21. The Bertz CT molecular complexity index is 825. The number of fused-ring (bicyclic) bond motifs is 3. The van der Waals surface area contributed by atoms with E-state index in [2.05, 4.69) is 24.3 Å². The van der Waals surface area contributed by atoms with Crippen LogP contribution in [0.2, 0.25) is 0 Å². The van der Waals surface area contributed by atoms with E-state index in [9.17, 15) is 9.59 Å². The van der Waals surface area contributed by atoms with Crippen LogP contribution in [0.4, 0.5) is 4.79 Å². The van der Waals surface area contributed by atoms with Gasteiger partial charge in [-0.25, -0.2) is 15.6 Å². The summed E-state index contributed by atoms with van der Waals surface area (Å²) in [5.74, 6) is 5.15. The van der Waals surface area contributed by atoms with E-state index < -0.39 is 6.09 Å². The van der Waals surface area contributed by atoms with Crippen LogP contribution in [0.15, 0.2) is 48.5 Å². The van der Waals surface area contributed by atoms with Crippen LogP contribution >= 0.6 is 0 Å². The maximum atomic E-state index is 12.2. The van der Waals surface area contributed by atoms with Crippen molar-refractivity contribution in [1.29, 1.82) is 0 Å². The fourth-order valence-corrected chi connectivity index (χ4v) is 3.79. The second-order valence-electron chi connectivity index (χ2n) is 7.35. The first-order valence-electron chi connectivity index (χ1n) is 9.82. The van der Waals surface area contributed by atoms with Gasteiger partial charge in [0, 0.05) is 18.4 Å². The molecule has 0 aromatic heterocycles. The van der Waals surface area contributed by atoms with Crippen LogP contribution in [0.3, 0.4) is 0 Å². The summed E-state index contributed by atoms with van der Waals surface area (Å²) in [4.78, 5) is 22.8. The zero-order valence-corrected chi connectivity index (χ0v) is 16.3. The molecule has 7 heteroatoms. The van der Waals surface area contributed by atoms with Crippen LogP contribution in [0.5, 0.6) is 0 Å². The molecule has 7 nitrogen and oxygen atoms in total. The highest BCUT2D eigenvalue weighted by Gasteiger charge is 2.28. The van der Waals surface area contributed by atoms with Crippen LogP contribution < -0.4 is 11.6 Å². The lowest BCUT2D eigenvalue weighted by molar-refractivity contribution is -0.144. The van der Waals surface area contributed by atoms with Gasteiger partial charge in [-0.2, -0.15) is 0 Å². The average Bonchev–Trinajstić information content (AvgIpc) is 3.03. The average molecular weight is 397 g/mol. The third-order valence-corrected chi connectivity index (χ3v) is 5.26. The van der Waals surface area contributed by atoms with Crippen molar-refractivity contribution >= 4 is 12.1 Å². The summed E-state index contributed by atoms with van der Waals surface area (Å²) in [6, 6.07) is 16.1. The van der Waals surface area contributed by atoms with Gasteiger partial charge >= 0.3 is 12.1 Å². The number of hydrogen-bond acceptors (Lipinski definition) is 5. The van der Waals surface area contributed by atoms with Gasteiger partial charge < -0.3 is 15.6 Å². The quantitative estimate of drug-likeness (QED) is 0.197. The van der Waals surface area contributed by atoms with Gasteiger partial charge in [0.2, 0.25) is 0 Å². The van der Waals surface area contributed by atoms with Crippen molar-refractivity contribution in [3.05, 3.63) is 59.7 Å². The van der Waals surface area contributed by atoms with Gasteiger partial charge in [-0.3, -0.25) is 4.79 Å². The number of carbonyl (C=O) groups excluding carboxylic acids is 1. The monoisotopic (exact) mass is 397 g/mol. The van der Waals surface area contributed by atoms with E-state index in [-0.39, 0.29) is 24.5 Å². The van der Waals surface area contributed by atoms with Gasteiger partial charge in [0.15, 0.2) is 0 Å². The van der Waals surface area contributed by atoms with Gasteiger partial charge in [-0.15, -0.1) is 0 Å². The van der Waals surface area contributed by atoms with Crippen molar-refractivity contribution in [1.82, 2.24) is 5.01 Å². The molecular formula is C22H27N3O4. The fraction of sp³-hybridized carbons (Fsp3) is 0.364. The van der Waals surface area contributed by atoms with E-state index in [4.69, 9.17) is 21.4 Å². The van der Waals surface area contributed by atoms with Gasteiger partial charge in [0.05, 0.1) is 6.54 Å². The molecule has 1 amide bonds. The third-order valence-electron chi connectivity index (χ3n) is 5.26. The van der Waals surface area contributed by atoms with Crippen molar-refractivity contribution in [2.45, 2.75) is 37.6 Å². The van der Waals surface area contributed by atoms with E-state index in [1.54, 1.807) is 0 Å². The van der Waals surface area contributed by atoms with Crippen molar-refractivity contribution in [3.63, 3.8) is 0 Å². The third kappa shape index (κ3) is 5.13. The van der Waals surface area contributed by atoms with Crippen LogP contribution in [0, 0.1) is 0 Å². The number of unbranched alkanes of at least 4 members (excludes halogenated alkanes) is 1. The number of benzene rings is 2. The molecule has 2 aromatic carbocycles. The number of carbonyl (C=O) groups is 2. The highest BCUT2D eigenvalue weighted by Crippen LogP contribution is 2.44. The molecule has 29 heavy (non-hydrogen) atoms. The smallest absolute Gasteiger partial charge is 0.421 e. The highest BCUT2D eigenvalue weighted by molar-refractivity contribution is 5.79. The first-order chi connectivity index (χ1) is 14.0. The number of ether oxygens (including phenoxy) is 1. The van der Waals surface area contributed by atoms with Crippen molar-refractivity contribution in [2.75, 3.05) is 13.2 Å². The largest absolute Gasteiger partial charge is 0.465 e. The molecule has 0 saturated carbocycles. The van der Waals surface area contributed by atoms with Gasteiger partial charge in [-0.1, -0.05) is 55.0 Å². The first kappa shape index (κ1) is 20.8. The summed E-state index contributed by atoms with van der Waals surface area (Å²) in [6.45, 7) is 0.396. The number of esters is 1. The molecule has 0 radical (unpaired) electrons. The standard InChI is InChI=1S/C22H27N3O4/c23-15(13-25(24)22(27)28)7-1-6-12-21(26)29-14-20-18-10-4-2-8-16(18)17-9-3-5-11-19(17)20/h2-5,8-11,15,20H,1,6-7,12-14,23-24H2,(H,27,28)/t15-/m0/s1. The Morgan fingerprint density at radius 3 is 2.21 bits per heavy atom. The Hall–Kier alpha value is -2.90. The number of nitrogens with two attached hydrogens (primary N) is 2. The van der Waals surface area contributed by atoms with Crippen molar-refractivity contribution < 1.29 is 19.4 Å². The molecule has 154 valence electrons. The van der Waals surface area contributed by atoms with E-state index in [1.807, 2.05) is 24.3 Å². The SMILES string of the molecule is N[C@@H](CCCCC(=O)OCC1c2ccccc2-c2ccccc21)CN(N)C(=O)O. The van der Waals surface area contributed by atoms with E-state index >= 15 is 0 Å².